The number of rotatable bonds is 3. The molecule has 1 rings (SSSR count). The second kappa shape index (κ2) is 5.75. The average Bonchev–Trinajstić information content (AvgIpc) is 2.27. The highest BCUT2D eigenvalue weighted by molar-refractivity contribution is 5.85. The SMILES string of the molecule is CCC(C)OC(=O)Nc1ccccc1C(F)(F)F. The Hall–Kier alpha value is -1.72. The van der Waals surface area contributed by atoms with Gasteiger partial charge in [-0.25, -0.2) is 4.79 Å². The van der Waals surface area contributed by atoms with Crippen molar-refractivity contribution in [3.8, 4) is 0 Å². The zero-order valence-electron chi connectivity index (χ0n) is 10.0. The molecule has 0 radical (unpaired) electrons. The number of halogens is 3. The Morgan fingerprint density at radius 1 is 1.39 bits per heavy atom. The van der Waals surface area contributed by atoms with Crippen molar-refractivity contribution in [2.24, 2.45) is 0 Å². The standard InChI is InChI=1S/C12H14F3NO2/c1-3-8(2)18-11(17)16-10-7-5-4-6-9(10)12(13,14)15/h4-8H,3H2,1-2H3,(H,16,17). The van der Waals surface area contributed by atoms with Crippen LogP contribution in [0.2, 0.25) is 0 Å². The zero-order chi connectivity index (χ0) is 13.8. The fraction of sp³-hybridized carbons (Fsp3) is 0.417. The normalized spacial score (nSPS) is 12.9. The van der Waals surface area contributed by atoms with Gasteiger partial charge in [0.15, 0.2) is 0 Å². The number of amides is 1. The largest absolute Gasteiger partial charge is 0.446 e. The molecule has 0 aliphatic rings. The summed E-state index contributed by atoms with van der Waals surface area (Å²) in [6, 6.07) is 4.75. The van der Waals surface area contributed by atoms with E-state index in [4.69, 9.17) is 4.74 Å². The summed E-state index contributed by atoms with van der Waals surface area (Å²) in [6.45, 7) is 3.47. The van der Waals surface area contributed by atoms with Gasteiger partial charge in [-0.05, 0) is 25.5 Å². The minimum Gasteiger partial charge on any atom is -0.446 e. The lowest BCUT2D eigenvalue weighted by molar-refractivity contribution is -0.136. The van der Waals surface area contributed by atoms with E-state index in [1.165, 1.54) is 18.2 Å². The average molecular weight is 261 g/mol. The molecule has 1 amide bonds. The molecule has 0 bridgehead atoms. The van der Waals surface area contributed by atoms with Crippen molar-refractivity contribution in [1.29, 1.82) is 0 Å². The minimum absolute atomic E-state index is 0.307. The molecule has 1 atom stereocenters. The fourth-order valence-electron chi connectivity index (χ4n) is 1.24. The number of alkyl halides is 3. The maximum Gasteiger partial charge on any atom is 0.418 e. The van der Waals surface area contributed by atoms with E-state index >= 15 is 0 Å². The Labute approximate surface area is 103 Å². The summed E-state index contributed by atoms with van der Waals surface area (Å²) in [5, 5.41) is 2.10. The van der Waals surface area contributed by atoms with Crippen LogP contribution in [0.25, 0.3) is 0 Å². The molecule has 0 aliphatic carbocycles. The van der Waals surface area contributed by atoms with Gasteiger partial charge in [0.2, 0.25) is 0 Å². The number of carbonyl (C=O) groups excluding carboxylic acids is 1. The topological polar surface area (TPSA) is 38.3 Å². The van der Waals surface area contributed by atoms with Crippen LogP contribution in [-0.4, -0.2) is 12.2 Å². The third kappa shape index (κ3) is 3.94. The third-order valence-corrected chi connectivity index (χ3v) is 2.35. The molecule has 6 heteroatoms. The van der Waals surface area contributed by atoms with Gasteiger partial charge in [-0.2, -0.15) is 13.2 Å². The first kappa shape index (κ1) is 14.3. The van der Waals surface area contributed by atoms with Crippen LogP contribution in [0.3, 0.4) is 0 Å². The minimum atomic E-state index is -4.51. The number of hydrogen-bond donors (Lipinski definition) is 1. The van der Waals surface area contributed by atoms with Gasteiger partial charge in [0.05, 0.1) is 11.3 Å². The molecule has 0 saturated heterocycles. The van der Waals surface area contributed by atoms with Crippen LogP contribution in [0, 0.1) is 0 Å². The van der Waals surface area contributed by atoms with Crippen molar-refractivity contribution in [1.82, 2.24) is 0 Å². The Bertz CT molecular complexity index is 418. The van der Waals surface area contributed by atoms with Crippen molar-refractivity contribution < 1.29 is 22.7 Å². The van der Waals surface area contributed by atoms with Crippen LogP contribution in [0.15, 0.2) is 24.3 Å². The molecule has 3 nitrogen and oxygen atoms in total. The summed E-state index contributed by atoms with van der Waals surface area (Å²) >= 11 is 0. The van der Waals surface area contributed by atoms with Crippen molar-refractivity contribution in [3.63, 3.8) is 0 Å². The molecule has 1 unspecified atom stereocenters. The van der Waals surface area contributed by atoms with E-state index in [-0.39, 0.29) is 11.8 Å². The molecular formula is C12H14F3NO2. The van der Waals surface area contributed by atoms with Crippen molar-refractivity contribution >= 4 is 11.8 Å². The van der Waals surface area contributed by atoms with Gasteiger partial charge in [-0.15, -0.1) is 0 Å². The maximum atomic E-state index is 12.6. The van der Waals surface area contributed by atoms with Gasteiger partial charge in [0.1, 0.15) is 6.10 Å². The van der Waals surface area contributed by atoms with Gasteiger partial charge >= 0.3 is 12.3 Å². The van der Waals surface area contributed by atoms with Crippen LogP contribution in [0.5, 0.6) is 0 Å². The molecule has 0 fully saturated rings. The van der Waals surface area contributed by atoms with Crippen LogP contribution < -0.4 is 5.32 Å². The highest BCUT2D eigenvalue weighted by atomic mass is 19.4. The summed E-state index contributed by atoms with van der Waals surface area (Å²) in [5.74, 6) is 0. The number of nitrogens with one attached hydrogen (secondary N) is 1. The maximum absolute atomic E-state index is 12.6. The van der Waals surface area contributed by atoms with E-state index in [0.29, 0.717) is 6.42 Å². The van der Waals surface area contributed by atoms with Crippen LogP contribution in [0.1, 0.15) is 25.8 Å². The molecule has 0 heterocycles. The van der Waals surface area contributed by atoms with E-state index in [9.17, 15) is 18.0 Å². The van der Waals surface area contributed by atoms with Gasteiger partial charge in [0.25, 0.3) is 0 Å². The third-order valence-electron chi connectivity index (χ3n) is 2.35. The lowest BCUT2D eigenvalue weighted by Crippen LogP contribution is -2.21. The first-order chi connectivity index (χ1) is 8.34. The van der Waals surface area contributed by atoms with Gasteiger partial charge < -0.3 is 4.74 Å². The molecule has 1 aromatic carbocycles. The molecule has 0 saturated carbocycles. The smallest absolute Gasteiger partial charge is 0.418 e. The second-order valence-electron chi connectivity index (χ2n) is 3.79. The molecular weight excluding hydrogens is 247 g/mol. The summed E-state index contributed by atoms with van der Waals surface area (Å²) in [5.41, 5.74) is -1.20. The summed E-state index contributed by atoms with van der Waals surface area (Å²) in [4.78, 5) is 11.4. The number of benzene rings is 1. The first-order valence-corrected chi connectivity index (χ1v) is 5.48. The number of anilines is 1. The van der Waals surface area contributed by atoms with E-state index in [0.717, 1.165) is 6.07 Å². The lowest BCUT2D eigenvalue weighted by Gasteiger charge is -2.15. The monoisotopic (exact) mass is 261 g/mol. The zero-order valence-corrected chi connectivity index (χ0v) is 10.0. The van der Waals surface area contributed by atoms with E-state index in [2.05, 4.69) is 5.32 Å². The predicted octanol–water partition coefficient (Wildman–Crippen LogP) is 4.05. The second-order valence-corrected chi connectivity index (χ2v) is 3.79. The summed E-state index contributed by atoms with van der Waals surface area (Å²) in [7, 11) is 0. The fourth-order valence-corrected chi connectivity index (χ4v) is 1.24. The number of hydrogen-bond acceptors (Lipinski definition) is 2. The highest BCUT2D eigenvalue weighted by Crippen LogP contribution is 2.34. The predicted molar refractivity (Wildman–Crippen MR) is 61.3 cm³/mol. The molecule has 0 spiro atoms. The Morgan fingerprint density at radius 2 is 2.00 bits per heavy atom. The number of para-hydroxylation sites is 1. The van der Waals surface area contributed by atoms with E-state index < -0.39 is 17.8 Å². The Kier molecular flexibility index (Phi) is 4.58. The van der Waals surface area contributed by atoms with Crippen molar-refractivity contribution in [3.05, 3.63) is 29.8 Å². The molecule has 1 N–H and O–H groups in total. The van der Waals surface area contributed by atoms with Gasteiger partial charge in [0, 0.05) is 0 Å². The lowest BCUT2D eigenvalue weighted by atomic mass is 10.2. The van der Waals surface area contributed by atoms with Crippen LogP contribution in [-0.2, 0) is 10.9 Å². The van der Waals surface area contributed by atoms with E-state index in [1.807, 2.05) is 6.92 Å². The molecule has 1 aromatic rings. The highest BCUT2D eigenvalue weighted by Gasteiger charge is 2.33. The quantitative estimate of drug-likeness (QED) is 0.891. The van der Waals surface area contributed by atoms with Crippen LogP contribution >= 0.6 is 0 Å². The Morgan fingerprint density at radius 3 is 2.56 bits per heavy atom. The number of ether oxygens (including phenoxy) is 1. The van der Waals surface area contributed by atoms with Crippen molar-refractivity contribution in [2.45, 2.75) is 32.5 Å². The molecule has 0 aromatic heterocycles. The number of carbonyl (C=O) groups is 1. The van der Waals surface area contributed by atoms with Crippen LogP contribution in [0.4, 0.5) is 23.7 Å². The van der Waals surface area contributed by atoms with Crippen molar-refractivity contribution in [2.75, 3.05) is 5.32 Å². The summed E-state index contributed by atoms with van der Waals surface area (Å²) in [6.07, 6.45) is -5.15. The van der Waals surface area contributed by atoms with E-state index in [1.54, 1.807) is 6.92 Å². The van der Waals surface area contributed by atoms with Gasteiger partial charge in [-0.3, -0.25) is 5.32 Å². The Balaban J connectivity index is 2.82. The molecule has 100 valence electrons. The van der Waals surface area contributed by atoms with Gasteiger partial charge in [-0.1, -0.05) is 19.1 Å². The molecule has 0 aliphatic heterocycles. The summed E-state index contributed by atoms with van der Waals surface area (Å²) < 4.78 is 42.8. The first-order valence-electron chi connectivity index (χ1n) is 5.48. The molecule has 18 heavy (non-hydrogen) atoms.